The van der Waals surface area contributed by atoms with Gasteiger partial charge in [-0.3, -0.25) is 4.79 Å². The van der Waals surface area contributed by atoms with Gasteiger partial charge in [-0.15, -0.1) is 0 Å². The van der Waals surface area contributed by atoms with Gasteiger partial charge in [-0.05, 0) is 32.3 Å². The first kappa shape index (κ1) is 18.9. The Hall–Kier alpha value is -1.85. The van der Waals surface area contributed by atoms with Gasteiger partial charge in [-0.25, -0.2) is 0 Å². The molecule has 5 nitrogen and oxygen atoms in total. The van der Waals surface area contributed by atoms with Crippen LogP contribution in [0.4, 0.5) is 0 Å². The number of carbonyl (C=O) groups is 1. The third-order valence-electron chi connectivity index (χ3n) is 5.03. The Morgan fingerprint density at radius 2 is 2.15 bits per heavy atom. The lowest BCUT2D eigenvalue weighted by molar-refractivity contribution is -0.145. The van der Waals surface area contributed by atoms with Gasteiger partial charge in [0, 0.05) is 37.6 Å². The van der Waals surface area contributed by atoms with Crippen molar-refractivity contribution in [1.29, 1.82) is 0 Å². The van der Waals surface area contributed by atoms with Crippen molar-refractivity contribution in [2.45, 2.75) is 58.3 Å². The van der Waals surface area contributed by atoms with Crippen molar-refractivity contribution in [3.63, 3.8) is 0 Å². The van der Waals surface area contributed by atoms with Crippen molar-refractivity contribution in [3.8, 4) is 0 Å². The molecule has 1 aromatic heterocycles. The van der Waals surface area contributed by atoms with Gasteiger partial charge in [0.05, 0.1) is 12.7 Å². The molecule has 2 unspecified atom stereocenters. The highest BCUT2D eigenvalue weighted by Gasteiger charge is 2.23. The average Bonchev–Trinajstić information content (AvgIpc) is 3.04. The van der Waals surface area contributed by atoms with Gasteiger partial charge in [-0.2, -0.15) is 0 Å². The fourth-order valence-electron chi connectivity index (χ4n) is 3.50. The lowest BCUT2D eigenvalue weighted by Gasteiger charge is -2.26. The molecule has 0 aliphatic carbocycles. The molecule has 1 aliphatic heterocycles. The normalized spacial score (nSPS) is 18.8. The molecule has 26 heavy (non-hydrogen) atoms. The Morgan fingerprint density at radius 1 is 1.35 bits per heavy atom. The molecule has 2 heterocycles. The van der Waals surface area contributed by atoms with E-state index in [2.05, 4.69) is 6.92 Å². The van der Waals surface area contributed by atoms with E-state index >= 15 is 0 Å². The molecule has 2 aromatic rings. The molecule has 0 saturated carbocycles. The Balaban J connectivity index is 1.61. The van der Waals surface area contributed by atoms with Gasteiger partial charge in [0.15, 0.2) is 0 Å². The van der Waals surface area contributed by atoms with Crippen LogP contribution in [-0.2, 0) is 27.2 Å². The summed E-state index contributed by atoms with van der Waals surface area (Å²) in [5, 5.41) is 1.08. The van der Waals surface area contributed by atoms with E-state index in [1.54, 1.807) is 4.90 Å². The largest absolute Gasteiger partial charge is 0.461 e. The van der Waals surface area contributed by atoms with Crippen molar-refractivity contribution >= 4 is 16.9 Å². The van der Waals surface area contributed by atoms with E-state index in [0.717, 1.165) is 48.2 Å². The minimum absolute atomic E-state index is 0.0202. The van der Waals surface area contributed by atoms with E-state index in [1.807, 2.05) is 38.2 Å². The van der Waals surface area contributed by atoms with Gasteiger partial charge in [-0.1, -0.05) is 25.1 Å². The van der Waals surface area contributed by atoms with E-state index in [-0.39, 0.29) is 12.0 Å². The third kappa shape index (κ3) is 4.27. The lowest BCUT2D eigenvalue weighted by atomic mass is 10.1. The van der Waals surface area contributed by atoms with E-state index in [0.29, 0.717) is 13.2 Å². The summed E-state index contributed by atoms with van der Waals surface area (Å²) in [4.78, 5) is 14.4. The van der Waals surface area contributed by atoms with Crippen LogP contribution in [-0.4, -0.2) is 43.3 Å². The molecule has 0 bridgehead atoms. The SMILES string of the molecule is CCc1oc2ccccc2c1CN(C)C(=O)C(C)OCC1CCCCO1. The van der Waals surface area contributed by atoms with E-state index in [1.165, 1.54) is 6.42 Å². The van der Waals surface area contributed by atoms with Gasteiger partial charge in [0.1, 0.15) is 17.4 Å². The standard InChI is InChI=1S/C21H29NO4/c1-4-19-18(17-10-5-6-11-20(17)26-19)13-22(3)21(23)15(2)25-14-16-9-7-8-12-24-16/h5-6,10-11,15-16H,4,7-9,12-14H2,1-3H3. The molecular weight excluding hydrogens is 330 g/mol. The number of fused-ring (bicyclic) bond motifs is 1. The minimum atomic E-state index is -0.478. The zero-order valence-corrected chi connectivity index (χ0v) is 16.0. The number of amides is 1. The van der Waals surface area contributed by atoms with Crippen molar-refractivity contribution in [2.24, 2.45) is 0 Å². The van der Waals surface area contributed by atoms with Crippen LogP contribution in [0.1, 0.15) is 44.4 Å². The van der Waals surface area contributed by atoms with Crippen molar-refractivity contribution < 1.29 is 18.7 Å². The molecule has 1 aromatic carbocycles. The summed E-state index contributed by atoms with van der Waals surface area (Å²) in [7, 11) is 1.82. The zero-order chi connectivity index (χ0) is 18.5. The van der Waals surface area contributed by atoms with E-state index in [4.69, 9.17) is 13.9 Å². The molecule has 1 fully saturated rings. The lowest BCUT2D eigenvalue weighted by Crippen LogP contribution is -2.38. The maximum absolute atomic E-state index is 12.7. The molecule has 1 amide bonds. The molecule has 142 valence electrons. The summed E-state index contributed by atoms with van der Waals surface area (Å²) >= 11 is 0. The van der Waals surface area contributed by atoms with Gasteiger partial charge >= 0.3 is 0 Å². The van der Waals surface area contributed by atoms with E-state index < -0.39 is 6.10 Å². The molecular formula is C21H29NO4. The molecule has 0 radical (unpaired) electrons. The number of ether oxygens (including phenoxy) is 2. The first-order valence-corrected chi connectivity index (χ1v) is 9.57. The summed E-state index contributed by atoms with van der Waals surface area (Å²) in [5.41, 5.74) is 1.96. The van der Waals surface area contributed by atoms with Crippen LogP contribution in [0.2, 0.25) is 0 Å². The number of likely N-dealkylation sites (N-methyl/N-ethyl adjacent to an activating group) is 1. The van der Waals surface area contributed by atoms with Crippen LogP contribution in [0.15, 0.2) is 28.7 Å². The first-order valence-electron chi connectivity index (χ1n) is 9.57. The molecule has 0 spiro atoms. The molecule has 1 saturated heterocycles. The Labute approximate surface area is 155 Å². The van der Waals surface area contributed by atoms with E-state index in [9.17, 15) is 4.79 Å². The number of hydrogen-bond donors (Lipinski definition) is 0. The predicted molar refractivity (Wildman–Crippen MR) is 101 cm³/mol. The van der Waals surface area contributed by atoms with Crippen LogP contribution >= 0.6 is 0 Å². The smallest absolute Gasteiger partial charge is 0.251 e. The second-order valence-electron chi connectivity index (χ2n) is 7.01. The van der Waals surface area contributed by atoms with Crippen LogP contribution in [0.25, 0.3) is 11.0 Å². The quantitative estimate of drug-likeness (QED) is 0.752. The van der Waals surface area contributed by atoms with Gasteiger partial charge in [0.2, 0.25) is 0 Å². The van der Waals surface area contributed by atoms with Gasteiger partial charge < -0.3 is 18.8 Å². The topological polar surface area (TPSA) is 51.9 Å². The van der Waals surface area contributed by atoms with Crippen LogP contribution < -0.4 is 0 Å². The second-order valence-corrected chi connectivity index (χ2v) is 7.01. The number of hydrogen-bond acceptors (Lipinski definition) is 4. The second kappa shape index (κ2) is 8.69. The van der Waals surface area contributed by atoms with Crippen molar-refractivity contribution in [1.82, 2.24) is 4.90 Å². The number of carbonyl (C=O) groups excluding carboxylic acids is 1. The van der Waals surface area contributed by atoms with Gasteiger partial charge in [0.25, 0.3) is 5.91 Å². The highest BCUT2D eigenvalue weighted by molar-refractivity contribution is 5.84. The number of nitrogens with zero attached hydrogens (tertiary/aromatic N) is 1. The Morgan fingerprint density at radius 3 is 2.88 bits per heavy atom. The minimum Gasteiger partial charge on any atom is -0.461 e. The molecule has 3 rings (SSSR count). The number of rotatable bonds is 7. The van der Waals surface area contributed by atoms with Crippen LogP contribution in [0.3, 0.4) is 0 Å². The van der Waals surface area contributed by atoms with Crippen molar-refractivity contribution in [2.75, 3.05) is 20.3 Å². The highest BCUT2D eigenvalue weighted by Crippen LogP contribution is 2.27. The Kier molecular flexibility index (Phi) is 6.33. The Bertz CT molecular complexity index is 733. The summed E-state index contributed by atoms with van der Waals surface area (Å²) in [6, 6.07) is 7.98. The zero-order valence-electron chi connectivity index (χ0n) is 16.0. The summed E-state index contributed by atoms with van der Waals surface area (Å²) < 4.78 is 17.4. The van der Waals surface area contributed by atoms with Crippen LogP contribution in [0.5, 0.6) is 0 Å². The summed E-state index contributed by atoms with van der Waals surface area (Å²) in [6.07, 6.45) is 3.74. The summed E-state index contributed by atoms with van der Waals surface area (Å²) in [5.74, 6) is 0.920. The predicted octanol–water partition coefficient (Wildman–Crippen LogP) is 3.93. The number of benzene rings is 1. The fourth-order valence-corrected chi connectivity index (χ4v) is 3.50. The maximum atomic E-state index is 12.7. The van der Waals surface area contributed by atoms with Crippen LogP contribution in [0, 0.1) is 0 Å². The monoisotopic (exact) mass is 359 g/mol. The molecule has 1 aliphatic rings. The summed E-state index contributed by atoms with van der Waals surface area (Å²) in [6.45, 7) is 5.68. The number of para-hydroxylation sites is 1. The number of aryl methyl sites for hydroxylation is 1. The maximum Gasteiger partial charge on any atom is 0.251 e. The third-order valence-corrected chi connectivity index (χ3v) is 5.03. The first-order chi connectivity index (χ1) is 12.6. The fraction of sp³-hybridized carbons (Fsp3) is 0.571. The molecule has 2 atom stereocenters. The number of furan rings is 1. The highest BCUT2D eigenvalue weighted by atomic mass is 16.5. The molecule has 0 N–H and O–H groups in total. The molecule has 5 heteroatoms. The van der Waals surface area contributed by atoms with Crippen molar-refractivity contribution in [3.05, 3.63) is 35.6 Å². The average molecular weight is 359 g/mol.